The average Bonchev–Trinajstić information content (AvgIpc) is 2.15. The second-order valence-corrected chi connectivity index (χ2v) is 3.32. The number of carbonyl (C=O) groups is 1. The van der Waals surface area contributed by atoms with Crippen LogP contribution in [0.1, 0.15) is 33.7 Å². The predicted molar refractivity (Wildman–Crippen MR) is 51.9 cm³/mol. The summed E-state index contributed by atoms with van der Waals surface area (Å²) in [7, 11) is 0. The van der Waals surface area contributed by atoms with Crippen molar-refractivity contribution in [2.75, 3.05) is 0 Å². The topological polar surface area (TPSA) is 30.0 Å². The second kappa shape index (κ2) is 4.59. The van der Waals surface area contributed by atoms with Crippen LogP contribution >= 0.6 is 15.9 Å². The minimum Gasteiger partial charge on any atom is -0.296 e. The zero-order valence-electron chi connectivity index (χ0n) is 7.43. The Kier molecular flexibility index (Phi) is 3.69. The molecule has 0 atom stereocenters. The fraction of sp³-hybridized carbons (Fsp3) is 0.333. The summed E-state index contributed by atoms with van der Waals surface area (Å²) in [6, 6.07) is 1.37. The summed E-state index contributed by atoms with van der Waals surface area (Å²) in [4.78, 5) is 14.2. The number of aldehydes is 1. The highest BCUT2D eigenvalue weighted by atomic mass is 79.9. The molecule has 0 radical (unpaired) electrons. The molecule has 0 unspecified atom stereocenters. The fourth-order valence-electron chi connectivity index (χ4n) is 1.24. The molecule has 0 saturated carbocycles. The molecule has 0 spiro atoms. The maximum atomic E-state index is 12.6. The van der Waals surface area contributed by atoms with Crippen LogP contribution in [0.5, 0.6) is 0 Å². The maximum absolute atomic E-state index is 12.6. The van der Waals surface area contributed by atoms with Gasteiger partial charge in [0.15, 0.2) is 6.29 Å². The standard InChI is InChI=1S/C9H8BrF2NO/c1-5-8(9(11)12)6(3-10)2-7(4-14)13-5/h2,4,9H,3H2,1H3. The van der Waals surface area contributed by atoms with Crippen molar-refractivity contribution in [2.24, 2.45) is 0 Å². The second-order valence-electron chi connectivity index (χ2n) is 2.76. The number of aromatic nitrogens is 1. The van der Waals surface area contributed by atoms with Crippen LogP contribution in [0.15, 0.2) is 6.07 Å². The van der Waals surface area contributed by atoms with Crippen molar-refractivity contribution in [3.63, 3.8) is 0 Å². The van der Waals surface area contributed by atoms with E-state index in [0.29, 0.717) is 11.8 Å². The first-order valence-corrected chi connectivity index (χ1v) is 5.02. The number of hydrogen-bond donors (Lipinski definition) is 0. The van der Waals surface area contributed by atoms with E-state index in [4.69, 9.17) is 0 Å². The van der Waals surface area contributed by atoms with Crippen LogP contribution in [-0.2, 0) is 5.33 Å². The molecule has 76 valence electrons. The summed E-state index contributed by atoms with van der Waals surface area (Å²) < 4.78 is 25.1. The van der Waals surface area contributed by atoms with E-state index in [9.17, 15) is 13.6 Å². The van der Waals surface area contributed by atoms with Crippen molar-refractivity contribution in [1.29, 1.82) is 0 Å². The number of alkyl halides is 3. The number of aryl methyl sites for hydroxylation is 1. The van der Waals surface area contributed by atoms with E-state index in [2.05, 4.69) is 20.9 Å². The summed E-state index contributed by atoms with van der Waals surface area (Å²) in [5, 5.41) is 0.289. The number of carbonyl (C=O) groups excluding carboxylic acids is 1. The Morgan fingerprint density at radius 1 is 1.64 bits per heavy atom. The van der Waals surface area contributed by atoms with E-state index in [0.717, 1.165) is 0 Å². The van der Waals surface area contributed by atoms with Crippen molar-refractivity contribution < 1.29 is 13.6 Å². The van der Waals surface area contributed by atoms with E-state index in [1.807, 2.05) is 0 Å². The lowest BCUT2D eigenvalue weighted by Crippen LogP contribution is -2.02. The fourth-order valence-corrected chi connectivity index (χ4v) is 1.71. The summed E-state index contributed by atoms with van der Waals surface area (Å²) in [6.07, 6.45) is -2.01. The molecule has 0 bridgehead atoms. The highest BCUT2D eigenvalue weighted by molar-refractivity contribution is 9.08. The van der Waals surface area contributed by atoms with Crippen LogP contribution in [0.3, 0.4) is 0 Å². The zero-order valence-corrected chi connectivity index (χ0v) is 9.01. The van der Waals surface area contributed by atoms with Crippen LogP contribution < -0.4 is 0 Å². The molecule has 0 saturated heterocycles. The van der Waals surface area contributed by atoms with Crippen LogP contribution in [-0.4, -0.2) is 11.3 Å². The third-order valence-corrected chi connectivity index (χ3v) is 2.44. The Bertz CT molecular complexity index is 355. The minimum absolute atomic E-state index is 0.0903. The molecule has 0 aromatic carbocycles. The monoisotopic (exact) mass is 263 g/mol. The van der Waals surface area contributed by atoms with Crippen LogP contribution in [0.4, 0.5) is 8.78 Å². The lowest BCUT2D eigenvalue weighted by atomic mass is 10.1. The van der Waals surface area contributed by atoms with Gasteiger partial charge in [-0.15, -0.1) is 0 Å². The Morgan fingerprint density at radius 2 is 2.29 bits per heavy atom. The number of rotatable bonds is 3. The number of pyridine rings is 1. The van der Waals surface area contributed by atoms with Gasteiger partial charge in [-0.05, 0) is 18.6 Å². The molecule has 0 N–H and O–H groups in total. The van der Waals surface area contributed by atoms with Gasteiger partial charge in [0.25, 0.3) is 6.43 Å². The first-order chi connectivity index (χ1) is 6.60. The van der Waals surface area contributed by atoms with Crippen LogP contribution in [0, 0.1) is 6.92 Å². The number of nitrogens with zero attached hydrogens (tertiary/aromatic N) is 1. The number of hydrogen-bond acceptors (Lipinski definition) is 2. The molecule has 1 rings (SSSR count). The van der Waals surface area contributed by atoms with Gasteiger partial charge >= 0.3 is 0 Å². The summed E-state index contributed by atoms with van der Waals surface area (Å²) in [5.41, 5.74) is 0.711. The highest BCUT2D eigenvalue weighted by Crippen LogP contribution is 2.27. The van der Waals surface area contributed by atoms with E-state index in [1.54, 1.807) is 0 Å². The first-order valence-electron chi connectivity index (χ1n) is 3.89. The van der Waals surface area contributed by atoms with Crippen molar-refractivity contribution in [3.05, 3.63) is 28.6 Å². The molecule has 0 fully saturated rings. The maximum Gasteiger partial charge on any atom is 0.265 e. The Balaban J connectivity index is 3.34. The van der Waals surface area contributed by atoms with Crippen LogP contribution in [0.2, 0.25) is 0 Å². The SMILES string of the molecule is Cc1nc(C=O)cc(CBr)c1C(F)F. The Morgan fingerprint density at radius 3 is 2.71 bits per heavy atom. The van der Waals surface area contributed by atoms with Gasteiger partial charge < -0.3 is 0 Å². The van der Waals surface area contributed by atoms with Gasteiger partial charge in [-0.3, -0.25) is 4.79 Å². The minimum atomic E-state index is -2.56. The lowest BCUT2D eigenvalue weighted by molar-refractivity contribution is 0.111. The van der Waals surface area contributed by atoms with Gasteiger partial charge in [0.2, 0.25) is 0 Å². The summed E-state index contributed by atoms with van der Waals surface area (Å²) >= 11 is 3.10. The summed E-state index contributed by atoms with van der Waals surface area (Å²) in [6.45, 7) is 1.47. The summed E-state index contributed by atoms with van der Waals surface area (Å²) in [5.74, 6) is 0. The Hall–Kier alpha value is -0.840. The van der Waals surface area contributed by atoms with Gasteiger partial charge in [0, 0.05) is 16.6 Å². The van der Waals surface area contributed by atoms with Gasteiger partial charge in [-0.25, -0.2) is 13.8 Å². The molecule has 14 heavy (non-hydrogen) atoms. The van der Waals surface area contributed by atoms with Crippen molar-refractivity contribution in [1.82, 2.24) is 4.98 Å². The van der Waals surface area contributed by atoms with E-state index >= 15 is 0 Å². The third kappa shape index (κ3) is 2.15. The van der Waals surface area contributed by atoms with Crippen molar-refractivity contribution in [2.45, 2.75) is 18.7 Å². The van der Waals surface area contributed by atoms with E-state index in [-0.39, 0.29) is 22.3 Å². The van der Waals surface area contributed by atoms with Crippen molar-refractivity contribution >= 4 is 22.2 Å². The highest BCUT2D eigenvalue weighted by Gasteiger charge is 2.17. The lowest BCUT2D eigenvalue weighted by Gasteiger charge is -2.09. The third-order valence-electron chi connectivity index (χ3n) is 1.84. The van der Waals surface area contributed by atoms with E-state index in [1.165, 1.54) is 13.0 Å². The molecule has 0 amide bonds. The van der Waals surface area contributed by atoms with Gasteiger partial charge in [0.1, 0.15) is 5.69 Å². The van der Waals surface area contributed by atoms with E-state index < -0.39 is 6.43 Å². The number of halogens is 3. The largest absolute Gasteiger partial charge is 0.296 e. The molecular weight excluding hydrogens is 256 g/mol. The molecule has 2 nitrogen and oxygen atoms in total. The molecule has 0 aliphatic carbocycles. The molecule has 0 aliphatic heterocycles. The Labute approximate surface area is 88.5 Å². The quantitative estimate of drug-likeness (QED) is 0.620. The predicted octanol–water partition coefficient (Wildman–Crippen LogP) is 3.04. The average molecular weight is 264 g/mol. The van der Waals surface area contributed by atoms with Gasteiger partial charge in [-0.2, -0.15) is 0 Å². The molecule has 1 aromatic rings. The molecule has 1 aromatic heterocycles. The van der Waals surface area contributed by atoms with Gasteiger partial charge in [0.05, 0.1) is 0 Å². The smallest absolute Gasteiger partial charge is 0.265 e. The normalized spacial score (nSPS) is 10.6. The van der Waals surface area contributed by atoms with Crippen molar-refractivity contribution in [3.8, 4) is 0 Å². The first kappa shape index (κ1) is 11.2. The molecule has 0 aliphatic rings. The molecular formula is C9H8BrF2NO. The molecule has 1 heterocycles. The van der Waals surface area contributed by atoms with Gasteiger partial charge in [-0.1, -0.05) is 15.9 Å². The zero-order chi connectivity index (χ0) is 10.7. The molecule has 5 heteroatoms. The van der Waals surface area contributed by atoms with Crippen LogP contribution in [0.25, 0.3) is 0 Å².